The summed E-state index contributed by atoms with van der Waals surface area (Å²) in [7, 11) is 0. The molecule has 1 fully saturated rings. The Labute approximate surface area is 189 Å². The van der Waals surface area contributed by atoms with E-state index in [1.807, 2.05) is 12.1 Å². The quantitative estimate of drug-likeness (QED) is 0.222. The third-order valence-electron chi connectivity index (χ3n) is 4.79. The predicted molar refractivity (Wildman–Crippen MR) is 131 cm³/mol. The summed E-state index contributed by atoms with van der Waals surface area (Å²) in [6.45, 7) is 6.63. The van der Waals surface area contributed by atoms with Crippen LogP contribution >= 0.6 is 35.1 Å². The van der Waals surface area contributed by atoms with Crippen LogP contribution in [0.15, 0.2) is 47.5 Å². The summed E-state index contributed by atoms with van der Waals surface area (Å²) >= 11 is 10.7. The van der Waals surface area contributed by atoms with E-state index < -0.39 is 0 Å². The molecule has 150 valence electrons. The van der Waals surface area contributed by atoms with Gasteiger partial charge in [0.15, 0.2) is 0 Å². The summed E-state index contributed by atoms with van der Waals surface area (Å²) in [5.74, 6) is 2.37. The van der Waals surface area contributed by atoms with Crippen LogP contribution in [0.1, 0.15) is 42.9 Å². The van der Waals surface area contributed by atoms with Crippen molar-refractivity contribution in [3.8, 4) is 0 Å². The van der Waals surface area contributed by atoms with E-state index in [1.54, 1.807) is 0 Å². The van der Waals surface area contributed by atoms with Crippen molar-refractivity contribution >= 4 is 60.4 Å². The Bertz CT molecular complexity index is 794. The fourth-order valence-electron chi connectivity index (χ4n) is 3.21. The molecule has 2 aromatic rings. The molecule has 3 rings (SSSR count). The van der Waals surface area contributed by atoms with E-state index >= 15 is 0 Å². The van der Waals surface area contributed by atoms with Gasteiger partial charge in [-0.15, -0.1) is 0 Å². The fourth-order valence-corrected chi connectivity index (χ4v) is 10.1. The van der Waals surface area contributed by atoms with Crippen LogP contribution in [-0.4, -0.2) is 31.1 Å². The normalized spacial score (nSPS) is 16.9. The molecule has 1 heterocycles. The molecule has 0 spiro atoms. The zero-order valence-electron chi connectivity index (χ0n) is 16.8. The summed E-state index contributed by atoms with van der Waals surface area (Å²) in [5, 5.41) is 2.05. The molecular formula is C23H28ClNS2Se. The molecule has 5 heteroatoms. The monoisotopic (exact) mass is 497 g/mol. The summed E-state index contributed by atoms with van der Waals surface area (Å²) in [6, 6.07) is 15.0. The van der Waals surface area contributed by atoms with Crippen LogP contribution in [0.2, 0.25) is 10.3 Å². The number of para-hydroxylation sites is 1. The number of benzene rings is 2. The number of nitrogens with zero attached hydrogens (tertiary/aromatic N) is 1. The third kappa shape index (κ3) is 5.21. The van der Waals surface area contributed by atoms with Gasteiger partial charge in [0.25, 0.3) is 0 Å². The van der Waals surface area contributed by atoms with Gasteiger partial charge in [-0.3, -0.25) is 0 Å². The second-order valence-corrected chi connectivity index (χ2v) is 12.6. The van der Waals surface area contributed by atoms with Gasteiger partial charge in [-0.25, -0.2) is 0 Å². The fraction of sp³-hybridized carbons (Fsp3) is 0.435. The molecule has 1 aliphatic rings. The number of unbranched alkanes of at least 4 members (excludes halogenated alkanes) is 1. The van der Waals surface area contributed by atoms with Crippen LogP contribution in [0.5, 0.6) is 0 Å². The van der Waals surface area contributed by atoms with E-state index in [1.165, 1.54) is 57.4 Å². The number of rotatable bonds is 7. The molecule has 0 atom stereocenters. The first-order chi connectivity index (χ1) is 13.6. The van der Waals surface area contributed by atoms with Gasteiger partial charge in [-0.05, 0) is 0 Å². The molecule has 0 saturated carbocycles. The van der Waals surface area contributed by atoms with Crippen LogP contribution in [0, 0.1) is 13.8 Å². The van der Waals surface area contributed by atoms with Gasteiger partial charge in [0.05, 0.1) is 0 Å². The van der Waals surface area contributed by atoms with Gasteiger partial charge in [-0.2, -0.15) is 0 Å². The van der Waals surface area contributed by atoms with Crippen molar-refractivity contribution in [2.45, 2.75) is 49.4 Å². The molecular weight excluding hydrogens is 469 g/mol. The Morgan fingerprint density at radius 2 is 1.71 bits per heavy atom. The molecule has 0 radical (unpaired) electrons. The van der Waals surface area contributed by atoms with Crippen LogP contribution in [-0.2, 0) is 4.08 Å². The van der Waals surface area contributed by atoms with E-state index in [2.05, 4.69) is 74.6 Å². The van der Waals surface area contributed by atoms with E-state index in [0.717, 1.165) is 10.7 Å². The Morgan fingerprint density at radius 1 is 1.07 bits per heavy atom. The number of aliphatic imine (C=N–C) groups is 1. The number of aryl methyl sites for hydroxylation is 2. The Hall–Kier alpha value is -0.381. The first-order valence-corrected chi connectivity index (χ1v) is 14.3. The number of halogens is 1. The van der Waals surface area contributed by atoms with Gasteiger partial charge in [0.1, 0.15) is 0 Å². The molecule has 0 unspecified atom stereocenters. The molecule has 28 heavy (non-hydrogen) atoms. The summed E-state index contributed by atoms with van der Waals surface area (Å²) < 4.78 is 1.30. The predicted octanol–water partition coefficient (Wildman–Crippen LogP) is 7.63. The molecule has 0 aliphatic carbocycles. The summed E-state index contributed by atoms with van der Waals surface area (Å²) in [4.78, 5) is 5.39. The molecule has 1 saturated heterocycles. The van der Waals surface area contributed by atoms with Gasteiger partial charge >= 0.3 is 190 Å². The third-order valence-corrected chi connectivity index (χ3v) is 11.4. The van der Waals surface area contributed by atoms with Gasteiger partial charge in [0.2, 0.25) is 0 Å². The molecule has 0 amide bonds. The molecule has 1 aliphatic heterocycles. The van der Waals surface area contributed by atoms with E-state index in [4.69, 9.17) is 16.6 Å². The standard InChI is InChI=1S/C23H28ClNS2Se/c1-4-5-16-28-22(25-21-17(2)8-6-9-18(21)3)23(26-14-7-15-27-23)19-10-12-20(24)13-11-19/h6,8-13H,4-5,7,14-16H2,1-3H3. The van der Waals surface area contributed by atoms with Crippen molar-refractivity contribution in [1.82, 2.24) is 0 Å². The maximum atomic E-state index is 6.21. The summed E-state index contributed by atoms with van der Waals surface area (Å²) in [5.41, 5.74) is 5.03. The molecule has 1 nitrogen and oxygen atoms in total. The van der Waals surface area contributed by atoms with Crippen molar-refractivity contribution in [2.75, 3.05) is 11.5 Å². The van der Waals surface area contributed by atoms with E-state index in [0.29, 0.717) is 15.0 Å². The van der Waals surface area contributed by atoms with E-state index in [9.17, 15) is 0 Å². The van der Waals surface area contributed by atoms with Crippen LogP contribution in [0.4, 0.5) is 5.69 Å². The topological polar surface area (TPSA) is 12.4 Å². The second-order valence-electron chi connectivity index (χ2n) is 7.03. The van der Waals surface area contributed by atoms with Crippen molar-refractivity contribution in [2.24, 2.45) is 4.99 Å². The first-order valence-electron chi connectivity index (χ1n) is 9.89. The van der Waals surface area contributed by atoms with Crippen molar-refractivity contribution in [3.63, 3.8) is 0 Å². The number of hydrogen-bond donors (Lipinski definition) is 0. The Balaban J connectivity index is 2.11. The molecule has 0 N–H and O–H groups in total. The first kappa shape index (κ1) is 22.3. The molecule has 0 aromatic heterocycles. The van der Waals surface area contributed by atoms with Crippen LogP contribution < -0.4 is 0 Å². The number of thioether (sulfide) groups is 2. The Morgan fingerprint density at radius 3 is 2.32 bits per heavy atom. The second kappa shape index (κ2) is 10.6. The average molecular weight is 497 g/mol. The Kier molecular flexibility index (Phi) is 8.44. The van der Waals surface area contributed by atoms with Gasteiger partial charge in [-0.1, -0.05) is 0 Å². The van der Waals surface area contributed by atoms with Crippen molar-refractivity contribution < 1.29 is 0 Å². The van der Waals surface area contributed by atoms with Gasteiger partial charge < -0.3 is 0 Å². The SMILES string of the molecule is CCCC[Se]C(=Nc1c(C)cccc1C)C1(c2ccc(Cl)cc2)SCCCS1. The zero-order chi connectivity index (χ0) is 20.0. The van der Waals surface area contributed by atoms with E-state index in [-0.39, 0.29) is 4.08 Å². The van der Waals surface area contributed by atoms with Crippen molar-refractivity contribution in [3.05, 3.63) is 64.2 Å². The van der Waals surface area contributed by atoms with Crippen molar-refractivity contribution in [1.29, 1.82) is 0 Å². The maximum absolute atomic E-state index is 6.21. The average Bonchev–Trinajstić information content (AvgIpc) is 2.70. The number of hydrogen-bond acceptors (Lipinski definition) is 3. The minimum absolute atomic E-state index is 0.0781. The van der Waals surface area contributed by atoms with Crippen LogP contribution in [0.3, 0.4) is 0 Å². The molecule has 0 bridgehead atoms. The molecule has 2 aromatic carbocycles. The summed E-state index contributed by atoms with van der Waals surface area (Å²) in [6.07, 6.45) is 3.79. The zero-order valence-corrected chi connectivity index (χ0v) is 20.9. The minimum atomic E-state index is -0.0781. The van der Waals surface area contributed by atoms with Gasteiger partial charge in [0, 0.05) is 0 Å². The van der Waals surface area contributed by atoms with Crippen LogP contribution in [0.25, 0.3) is 0 Å².